The third-order valence-corrected chi connectivity index (χ3v) is 4.51. The maximum absolute atomic E-state index is 3.67. The Kier molecular flexibility index (Phi) is 6.85. The number of hydrogen-bond donors (Lipinski definition) is 2. The first kappa shape index (κ1) is 17.7. The Morgan fingerprint density at radius 2 is 1.70 bits per heavy atom. The first-order chi connectivity index (χ1) is 11.1. The van der Waals surface area contributed by atoms with Crippen LogP contribution >= 0.6 is 11.8 Å². The minimum atomic E-state index is 0.485. The molecule has 0 aliphatic heterocycles. The van der Waals surface area contributed by atoms with Gasteiger partial charge in [0.2, 0.25) is 0 Å². The summed E-state index contributed by atoms with van der Waals surface area (Å²) in [6, 6.07) is 17.4. The van der Waals surface area contributed by atoms with Gasteiger partial charge in [0.05, 0.1) is 0 Å². The van der Waals surface area contributed by atoms with E-state index in [9.17, 15) is 0 Å². The molecule has 0 radical (unpaired) electrons. The molecule has 124 valence electrons. The summed E-state index contributed by atoms with van der Waals surface area (Å²) in [6.45, 7) is 9.00. The van der Waals surface area contributed by atoms with Crippen molar-refractivity contribution in [2.24, 2.45) is 5.92 Å². The van der Waals surface area contributed by atoms with Gasteiger partial charge in [0, 0.05) is 28.0 Å². The van der Waals surface area contributed by atoms with Crippen molar-refractivity contribution >= 4 is 28.8 Å². The predicted molar refractivity (Wildman–Crippen MR) is 105 cm³/mol. The molecule has 0 saturated carbocycles. The second-order valence-electron chi connectivity index (χ2n) is 6.31. The van der Waals surface area contributed by atoms with Crippen molar-refractivity contribution in [2.75, 3.05) is 16.4 Å². The molecule has 0 saturated heterocycles. The maximum atomic E-state index is 3.67. The molecule has 3 heteroatoms. The van der Waals surface area contributed by atoms with Crippen LogP contribution in [0, 0.1) is 5.92 Å². The lowest BCUT2D eigenvalue weighted by molar-refractivity contribution is 0.539. The lowest BCUT2D eigenvalue weighted by Gasteiger charge is -2.20. The molecule has 0 fully saturated rings. The Hall–Kier alpha value is -1.61. The Bertz CT molecular complexity index is 596. The third kappa shape index (κ3) is 5.83. The van der Waals surface area contributed by atoms with E-state index in [0.717, 1.165) is 17.1 Å². The van der Waals surface area contributed by atoms with E-state index in [1.807, 2.05) is 30.0 Å². The first-order valence-corrected chi connectivity index (χ1v) is 9.42. The van der Waals surface area contributed by atoms with Crippen LogP contribution in [0.15, 0.2) is 53.4 Å². The summed E-state index contributed by atoms with van der Waals surface area (Å²) in [4.78, 5) is 1.31. The highest BCUT2D eigenvalue weighted by Gasteiger charge is 2.09. The fraction of sp³-hybridized carbons (Fsp3) is 0.400. The Labute approximate surface area is 145 Å². The van der Waals surface area contributed by atoms with Crippen molar-refractivity contribution in [2.45, 2.75) is 45.1 Å². The van der Waals surface area contributed by atoms with E-state index in [2.05, 4.69) is 68.7 Å². The summed E-state index contributed by atoms with van der Waals surface area (Å²) in [5.74, 6) is 1.78. The number of hydrogen-bond acceptors (Lipinski definition) is 3. The Morgan fingerprint density at radius 1 is 0.957 bits per heavy atom. The average molecular weight is 329 g/mol. The highest BCUT2D eigenvalue weighted by molar-refractivity contribution is 7.99. The SMILES string of the molecule is CCSc1cc(Nc2ccccc2)ccc1NC(C)CC(C)C. The molecule has 0 amide bonds. The fourth-order valence-corrected chi connectivity index (χ4v) is 3.52. The van der Waals surface area contributed by atoms with Crippen LogP contribution in [0.1, 0.15) is 34.1 Å². The number of para-hydroxylation sites is 1. The fourth-order valence-electron chi connectivity index (χ4n) is 2.71. The van der Waals surface area contributed by atoms with Gasteiger partial charge in [0.1, 0.15) is 0 Å². The zero-order valence-electron chi connectivity index (χ0n) is 14.6. The largest absolute Gasteiger partial charge is 0.382 e. The number of rotatable bonds is 8. The summed E-state index contributed by atoms with van der Waals surface area (Å²) in [5, 5.41) is 7.14. The third-order valence-electron chi connectivity index (χ3n) is 3.57. The Balaban J connectivity index is 2.14. The quantitative estimate of drug-likeness (QED) is 0.549. The molecule has 2 aromatic rings. The Morgan fingerprint density at radius 3 is 2.35 bits per heavy atom. The molecule has 23 heavy (non-hydrogen) atoms. The molecule has 0 aromatic heterocycles. The van der Waals surface area contributed by atoms with Gasteiger partial charge in [0.25, 0.3) is 0 Å². The van der Waals surface area contributed by atoms with Gasteiger partial charge < -0.3 is 10.6 Å². The van der Waals surface area contributed by atoms with Crippen molar-refractivity contribution < 1.29 is 0 Å². The normalized spacial score (nSPS) is 12.2. The van der Waals surface area contributed by atoms with Gasteiger partial charge in [0.15, 0.2) is 0 Å². The molecule has 0 aliphatic rings. The predicted octanol–water partition coefficient (Wildman–Crippen LogP) is 6.39. The zero-order chi connectivity index (χ0) is 16.7. The van der Waals surface area contributed by atoms with Crippen LogP contribution in [0.25, 0.3) is 0 Å². The molecule has 0 heterocycles. The van der Waals surface area contributed by atoms with Crippen LogP contribution in [0.5, 0.6) is 0 Å². The van der Waals surface area contributed by atoms with Crippen LogP contribution in [-0.4, -0.2) is 11.8 Å². The topological polar surface area (TPSA) is 24.1 Å². The summed E-state index contributed by atoms with van der Waals surface area (Å²) in [6.07, 6.45) is 1.18. The number of benzene rings is 2. The van der Waals surface area contributed by atoms with Gasteiger partial charge in [-0.3, -0.25) is 0 Å². The molecule has 0 bridgehead atoms. The second-order valence-corrected chi connectivity index (χ2v) is 7.62. The molecule has 2 nitrogen and oxygen atoms in total. The first-order valence-electron chi connectivity index (χ1n) is 8.44. The summed E-state index contributed by atoms with van der Waals surface area (Å²) >= 11 is 1.89. The van der Waals surface area contributed by atoms with Crippen LogP contribution in [0.3, 0.4) is 0 Å². The zero-order valence-corrected chi connectivity index (χ0v) is 15.4. The van der Waals surface area contributed by atoms with E-state index in [1.165, 1.54) is 17.0 Å². The number of anilines is 3. The van der Waals surface area contributed by atoms with Crippen molar-refractivity contribution in [3.05, 3.63) is 48.5 Å². The minimum absolute atomic E-state index is 0.485. The van der Waals surface area contributed by atoms with Crippen LogP contribution < -0.4 is 10.6 Å². The minimum Gasteiger partial charge on any atom is -0.382 e. The molecule has 2 rings (SSSR count). The number of nitrogens with one attached hydrogen (secondary N) is 2. The van der Waals surface area contributed by atoms with E-state index in [-0.39, 0.29) is 0 Å². The molecular weight excluding hydrogens is 300 g/mol. The van der Waals surface area contributed by atoms with E-state index < -0.39 is 0 Å². The van der Waals surface area contributed by atoms with Crippen molar-refractivity contribution in [3.8, 4) is 0 Å². The molecule has 0 aliphatic carbocycles. The van der Waals surface area contributed by atoms with E-state index >= 15 is 0 Å². The summed E-state index contributed by atoms with van der Waals surface area (Å²) in [7, 11) is 0. The highest BCUT2D eigenvalue weighted by atomic mass is 32.2. The molecule has 0 spiro atoms. The van der Waals surface area contributed by atoms with E-state index in [0.29, 0.717) is 12.0 Å². The molecule has 2 N–H and O–H groups in total. The van der Waals surface area contributed by atoms with Crippen molar-refractivity contribution in [1.82, 2.24) is 0 Å². The van der Waals surface area contributed by atoms with Gasteiger partial charge in [-0.25, -0.2) is 0 Å². The monoisotopic (exact) mass is 328 g/mol. The molecule has 1 unspecified atom stereocenters. The van der Waals surface area contributed by atoms with Crippen molar-refractivity contribution in [3.63, 3.8) is 0 Å². The summed E-state index contributed by atoms with van der Waals surface area (Å²) in [5.41, 5.74) is 3.49. The molecular formula is C20H28N2S. The van der Waals surface area contributed by atoms with Crippen LogP contribution in [0.4, 0.5) is 17.1 Å². The van der Waals surface area contributed by atoms with Gasteiger partial charge in [-0.2, -0.15) is 0 Å². The van der Waals surface area contributed by atoms with Crippen LogP contribution in [-0.2, 0) is 0 Å². The van der Waals surface area contributed by atoms with Gasteiger partial charge in [-0.15, -0.1) is 11.8 Å². The summed E-state index contributed by atoms with van der Waals surface area (Å²) < 4.78 is 0. The molecule has 2 aromatic carbocycles. The van der Waals surface area contributed by atoms with E-state index in [1.54, 1.807) is 0 Å². The van der Waals surface area contributed by atoms with Gasteiger partial charge >= 0.3 is 0 Å². The van der Waals surface area contributed by atoms with E-state index in [4.69, 9.17) is 0 Å². The highest BCUT2D eigenvalue weighted by Crippen LogP contribution is 2.32. The lowest BCUT2D eigenvalue weighted by atomic mass is 10.1. The standard InChI is InChI=1S/C20H28N2S/c1-5-23-20-14-18(22-17-9-7-6-8-10-17)11-12-19(20)21-16(4)13-15(2)3/h6-12,14-16,21-22H,5,13H2,1-4H3. The second kappa shape index (κ2) is 8.88. The average Bonchev–Trinajstić information content (AvgIpc) is 2.50. The number of thioether (sulfide) groups is 1. The van der Waals surface area contributed by atoms with Gasteiger partial charge in [-0.05, 0) is 55.3 Å². The van der Waals surface area contributed by atoms with Gasteiger partial charge in [-0.1, -0.05) is 39.0 Å². The van der Waals surface area contributed by atoms with Crippen LogP contribution in [0.2, 0.25) is 0 Å². The van der Waals surface area contributed by atoms with Crippen molar-refractivity contribution in [1.29, 1.82) is 0 Å². The smallest absolute Gasteiger partial charge is 0.0481 e. The maximum Gasteiger partial charge on any atom is 0.0481 e. The lowest BCUT2D eigenvalue weighted by Crippen LogP contribution is -2.17. The molecule has 1 atom stereocenters.